The van der Waals surface area contributed by atoms with Crippen molar-refractivity contribution in [3.63, 3.8) is 0 Å². The number of aromatic nitrogens is 3. The van der Waals surface area contributed by atoms with E-state index >= 15 is 0 Å². The van der Waals surface area contributed by atoms with Crippen LogP contribution in [0.2, 0.25) is 0 Å². The standard InChI is InChI=1S/C17H21N3/c1-13(2)15(11-17-18-8-9-19-17)12-20-10-7-14-5-3-4-6-16(14)20/h3-10,13,15H,11-12H2,1-2H3,(H,18,19). The van der Waals surface area contributed by atoms with Crippen LogP contribution in [0.25, 0.3) is 10.9 Å². The zero-order valence-electron chi connectivity index (χ0n) is 12.1. The van der Waals surface area contributed by atoms with Crippen molar-refractivity contribution in [3.05, 3.63) is 54.7 Å². The van der Waals surface area contributed by atoms with Crippen molar-refractivity contribution in [2.45, 2.75) is 26.8 Å². The van der Waals surface area contributed by atoms with Crippen molar-refractivity contribution in [3.8, 4) is 0 Å². The Balaban J connectivity index is 1.82. The van der Waals surface area contributed by atoms with Gasteiger partial charge in [0.2, 0.25) is 0 Å². The van der Waals surface area contributed by atoms with Crippen molar-refractivity contribution in [2.24, 2.45) is 11.8 Å². The van der Waals surface area contributed by atoms with E-state index in [4.69, 9.17) is 0 Å². The summed E-state index contributed by atoms with van der Waals surface area (Å²) >= 11 is 0. The summed E-state index contributed by atoms with van der Waals surface area (Å²) in [6.45, 7) is 5.62. The molecule has 0 saturated carbocycles. The molecule has 0 radical (unpaired) electrons. The first-order chi connectivity index (χ1) is 9.74. The minimum Gasteiger partial charge on any atom is -0.349 e. The molecule has 0 saturated heterocycles. The van der Waals surface area contributed by atoms with Crippen LogP contribution in [-0.4, -0.2) is 14.5 Å². The Bertz CT molecular complexity index is 664. The Hall–Kier alpha value is -2.03. The number of hydrogen-bond acceptors (Lipinski definition) is 1. The summed E-state index contributed by atoms with van der Waals surface area (Å²) in [5.41, 5.74) is 1.32. The second-order valence-corrected chi connectivity index (χ2v) is 5.77. The summed E-state index contributed by atoms with van der Waals surface area (Å²) in [4.78, 5) is 7.58. The number of para-hydroxylation sites is 1. The fourth-order valence-electron chi connectivity index (χ4n) is 2.72. The molecule has 1 unspecified atom stereocenters. The largest absolute Gasteiger partial charge is 0.349 e. The Morgan fingerprint density at radius 1 is 1.20 bits per heavy atom. The number of hydrogen-bond donors (Lipinski definition) is 1. The van der Waals surface area contributed by atoms with Gasteiger partial charge in [-0.2, -0.15) is 0 Å². The molecule has 104 valence electrons. The number of aromatic amines is 1. The number of imidazole rings is 1. The zero-order chi connectivity index (χ0) is 13.9. The number of nitrogens with zero attached hydrogens (tertiary/aromatic N) is 2. The molecule has 0 aliphatic rings. The Morgan fingerprint density at radius 2 is 2.05 bits per heavy atom. The lowest BCUT2D eigenvalue weighted by atomic mass is 9.92. The quantitative estimate of drug-likeness (QED) is 0.747. The van der Waals surface area contributed by atoms with E-state index in [1.165, 1.54) is 10.9 Å². The Kier molecular flexibility index (Phi) is 3.59. The van der Waals surface area contributed by atoms with Crippen LogP contribution in [0, 0.1) is 11.8 Å². The third-order valence-electron chi connectivity index (χ3n) is 4.06. The molecule has 0 amide bonds. The summed E-state index contributed by atoms with van der Waals surface area (Å²) < 4.78 is 2.36. The van der Waals surface area contributed by atoms with Crippen LogP contribution in [0.15, 0.2) is 48.9 Å². The lowest BCUT2D eigenvalue weighted by molar-refractivity contribution is 0.332. The van der Waals surface area contributed by atoms with Crippen molar-refractivity contribution < 1.29 is 0 Å². The highest BCUT2D eigenvalue weighted by atomic mass is 15.0. The fourth-order valence-corrected chi connectivity index (χ4v) is 2.72. The first-order valence-electron chi connectivity index (χ1n) is 7.26. The second-order valence-electron chi connectivity index (χ2n) is 5.77. The van der Waals surface area contributed by atoms with Gasteiger partial charge in [-0.3, -0.25) is 0 Å². The van der Waals surface area contributed by atoms with Gasteiger partial charge in [0.25, 0.3) is 0 Å². The van der Waals surface area contributed by atoms with Gasteiger partial charge in [-0.1, -0.05) is 32.0 Å². The smallest absolute Gasteiger partial charge is 0.106 e. The van der Waals surface area contributed by atoms with E-state index < -0.39 is 0 Å². The summed E-state index contributed by atoms with van der Waals surface area (Å²) in [7, 11) is 0. The van der Waals surface area contributed by atoms with Crippen molar-refractivity contribution in [1.29, 1.82) is 0 Å². The van der Waals surface area contributed by atoms with Gasteiger partial charge in [0.1, 0.15) is 5.82 Å². The van der Waals surface area contributed by atoms with E-state index in [9.17, 15) is 0 Å². The predicted molar refractivity (Wildman–Crippen MR) is 82.6 cm³/mol. The number of rotatable bonds is 5. The van der Waals surface area contributed by atoms with E-state index in [0.717, 1.165) is 18.8 Å². The molecule has 3 aromatic rings. The number of H-pyrrole nitrogens is 1. The average Bonchev–Trinajstić information content (AvgIpc) is 3.08. The molecule has 2 heterocycles. The SMILES string of the molecule is CC(C)C(Cc1ncc[nH]1)Cn1ccc2ccccc21. The molecule has 1 N–H and O–H groups in total. The van der Waals surface area contributed by atoms with Gasteiger partial charge in [0.05, 0.1) is 0 Å². The van der Waals surface area contributed by atoms with Crippen LogP contribution in [-0.2, 0) is 13.0 Å². The van der Waals surface area contributed by atoms with Gasteiger partial charge in [-0.05, 0) is 29.4 Å². The molecular formula is C17H21N3. The van der Waals surface area contributed by atoms with Crippen LogP contribution < -0.4 is 0 Å². The Morgan fingerprint density at radius 3 is 2.80 bits per heavy atom. The maximum atomic E-state index is 4.37. The van der Waals surface area contributed by atoms with Gasteiger partial charge < -0.3 is 9.55 Å². The lowest BCUT2D eigenvalue weighted by Crippen LogP contribution is -2.19. The minimum absolute atomic E-state index is 0.581. The molecule has 0 bridgehead atoms. The van der Waals surface area contributed by atoms with E-state index in [2.05, 4.69) is 64.9 Å². The van der Waals surface area contributed by atoms with Crippen molar-refractivity contribution in [2.75, 3.05) is 0 Å². The third kappa shape index (κ3) is 2.62. The molecule has 0 spiro atoms. The first kappa shape index (κ1) is 13.0. The molecule has 2 aromatic heterocycles. The summed E-state index contributed by atoms with van der Waals surface area (Å²) in [5, 5.41) is 1.31. The zero-order valence-corrected chi connectivity index (χ0v) is 12.1. The van der Waals surface area contributed by atoms with Gasteiger partial charge in [-0.25, -0.2) is 4.98 Å². The number of nitrogens with one attached hydrogen (secondary N) is 1. The van der Waals surface area contributed by atoms with Crippen molar-refractivity contribution >= 4 is 10.9 Å². The highest BCUT2D eigenvalue weighted by Gasteiger charge is 2.16. The number of benzene rings is 1. The summed E-state index contributed by atoms with van der Waals surface area (Å²) in [6, 6.07) is 10.8. The van der Waals surface area contributed by atoms with Crippen LogP contribution in [0.4, 0.5) is 0 Å². The predicted octanol–water partition coefficient (Wildman–Crippen LogP) is 3.88. The van der Waals surface area contributed by atoms with Crippen molar-refractivity contribution in [1.82, 2.24) is 14.5 Å². The topological polar surface area (TPSA) is 33.6 Å². The lowest BCUT2D eigenvalue weighted by Gasteiger charge is -2.21. The summed E-state index contributed by atoms with van der Waals surface area (Å²) in [5.74, 6) is 2.29. The normalized spacial score (nSPS) is 13.2. The van der Waals surface area contributed by atoms with Crippen LogP contribution >= 0.6 is 0 Å². The van der Waals surface area contributed by atoms with E-state index in [1.807, 2.05) is 12.4 Å². The monoisotopic (exact) mass is 267 g/mol. The molecule has 1 aromatic carbocycles. The second kappa shape index (κ2) is 5.53. The molecule has 0 fully saturated rings. The van der Waals surface area contributed by atoms with Crippen LogP contribution in [0.3, 0.4) is 0 Å². The third-order valence-corrected chi connectivity index (χ3v) is 4.06. The average molecular weight is 267 g/mol. The first-order valence-corrected chi connectivity index (χ1v) is 7.26. The van der Waals surface area contributed by atoms with Crippen LogP contribution in [0.1, 0.15) is 19.7 Å². The number of fused-ring (bicyclic) bond motifs is 1. The highest BCUT2D eigenvalue weighted by Crippen LogP contribution is 2.22. The molecule has 3 rings (SSSR count). The van der Waals surface area contributed by atoms with Gasteiger partial charge in [-0.15, -0.1) is 0 Å². The minimum atomic E-state index is 0.581. The summed E-state index contributed by atoms with van der Waals surface area (Å²) in [6.07, 6.45) is 6.93. The van der Waals surface area contributed by atoms with Gasteiger partial charge >= 0.3 is 0 Å². The highest BCUT2D eigenvalue weighted by molar-refractivity contribution is 5.79. The Labute approximate surface area is 119 Å². The molecule has 3 nitrogen and oxygen atoms in total. The van der Waals surface area contributed by atoms with E-state index in [-0.39, 0.29) is 0 Å². The maximum absolute atomic E-state index is 4.37. The fraction of sp³-hybridized carbons (Fsp3) is 0.353. The molecule has 20 heavy (non-hydrogen) atoms. The molecule has 1 atom stereocenters. The van der Waals surface area contributed by atoms with E-state index in [1.54, 1.807) is 0 Å². The van der Waals surface area contributed by atoms with Gasteiger partial charge in [0.15, 0.2) is 0 Å². The molecule has 0 aliphatic heterocycles. The molecule has 0 aliphatic carbocycles. The van der Waals surface area contributed by atoms with Crippen LogP contribution in [0.5, 0.6) is 0 Å². The van der Waals surface area contributed by atoms with E-state index in [0.29, 0.717) is 11.8 Å². The molecular weight excluding hydrogens is 246 g/mol. The van der Waals surface area contributed by atoms with Gasteiger partial charge in [0, 0.05) is 37.1 Å². The maximum Gasteiger partial charge on any atom is 0.106 e. The molecule has 3 heteroatoms.